The quantitative estimate of drug-likeness (QED) is 0.642. The van der Waals surface area contributed by atoms with Crippen LogP contribution in [0.2, 0.25) is 0 Å². The minimum atomic E-state index is -1.60. The molecule has 0 aliphatic heterocycles. The van der Waals surface area contributed by atoms with Gasteiger partial charge in [0.05, 0.1) is 13.7 Å². The summed E-state index contributed by atoms with van der Waals surface area (Å²) in [4.78, 5) is 15.4. The van der Waals surface area contributed by atoms with E-state index >= 15 is 0 Å². The molecule has 5 nitrogen and oxygen atoms in total. The molecule has 1 aromatic carbocycles. The van der Waals surface area contributed by atoms with E-state index in [4.69, 9.17) is 9.15 Å². The molecule has 0 aliphatic rings. The van der Waals surface area contributed by atoms with Gasteiger partial charge in [-0.1, -0.05) is 0 Å². The highest BCUT2D eigenvalue weighted by Gasteiger charge is 2.23. The predicted molar refractivity (Wildman–Crippen MR) is 63.9 cm³/mol. The Bertz CT molecular complexity index is 661. The van der Waals surface area contributed by atoms with Crippen molar-refractivity contribution in [2.75, 3.05) is 14.2 Å². The number of ether oxygens (including phenoxy) is 2. The van der Waals surface area contributed by atoms with Crippen LogP contribution >= 0.6 is 0 Å². The fourth-order valence-electron chi connectivity index (χ4n) is 1.64. The van der Waals surface area contributed by atoms with Gasteiger partial charge in [-0.15, -0.1) is 0 Å². The summed E-state index contributed by atoms with van der Waals surface area (Å²) in [7, 11) is 2.50. The summed E-state index contributed by atoms with van der Waals surface area (Å²) in [5, 5.41) is 0. The third-order valence-corrected chi connectivity index (χ3v) is 2.58. The summed E-state index contributed by atoms with van der Waals surface area (Å²) in [5.74, 6) is -5.70. The van der Waals surface area contributed by atoms with Crippen LogP contribution in [0, 0.1) is 17.5 Å². The van der Waals surface area contributed by atoms with Gasteiger partial charge in [0.2, 0.25) is 11.7 Å². The number of esters is 1. The Hall–Kier alpha value is -2.35. The SMILES string of the molecule is COCc1nc(-c2cc(F)c(F)c(F)c2)oc1C(=O)OC. The van der Waals surface area contributed by atoms with Crippen molar-refractivity contribution in [1.29, 1.82) is 0 Å². The molecule has 2 rings (SSSR count). The standard InChI is InChI=1S/C13H10F3NO4/c1-19-5-9-11(13(18)20-2)21-12(17-9)6-3-7(14)10(16)8(15)4-6/h3-4H,5H2,1-2H3. The maximum atomic E-state index is 13.2. The smallest absolute Gasteiger partial charge is 0.376 e. The second-order valence-electron chi connectivity index (χ2n) is 3.97. The molecule has 112 valence electrons. The van der Waals surface area contributed by atoms with Gasteiger partial charge in [-0.3, -0.25) is 0 Å². The molecule has 0 spiro atoms. The van der Waals surface area contributed by atoms with E-state index in [1.165, 1.54) is 7.11 Å². The first-order valence-corrected chi connectivity index (χ1v) is 5.69. The molecule has 8 heteroatoms. The van der Waals surface area contributed by atoms with Gasteiger partial charge in [0.15, 0.2) is 17.5 Å². The summed E-state index contributed by atoms with van der Waals surface area (Å²) >= 11 is 0. The van der Waals surface area contributed by atoms with Gasteiger partial charge in [-0.2, -0.15) is 0 Å². The van der Waals surface area contributed by atoms with Gasteiger partial charge < -0.3 is 13.9 Å². The van der Waals surface area contributed by atoms with Crippen LogP contribution in [0.4, 0.5) is 13.2 Å². The number of methoxy groups -OCH3 is 2. The zero-order valence-corrected chi connectivity index (χ0v) is 11.1. The van der Waals surface area contributed by atoms with Crippen LogP contribution < -0.4 is 0 Å². The molecule has 2 aromatic rings. The van der Waals surface area contributed by atoms with E-state index in [0.29, 0.717) is 12.1 Å². The Balaban J connectivity index is 2.52. The van der Waals surface area contributed by atoms with Crippen molar-refractivity contribution in [3.05, 3.63) is 41.0 Å². The van der Waals surface area contributed by atoms with Gasteiger partial charge in [0, 0.05) is 12.7 Å². The van der Waals surface area contributed by atoms with Crippen LogP contribution in [0.5, 0.6) is 0 Å². The third kappa shape index (κ3) is 2.89. The summed E-state index contributed by atoms with van der Waals surface area (Å²) in [6.45, 7) is -0.0694. The maximum Gasteiger partial charge on any atom is 0.376 e. The fraction of sp³-hybridized carbons (Fsp3) is 0.231. The average Bonchev–Trinajstić information content (AvgIpc) is 2.88. The lowest BCUT2D eigenvalue weighted by Gasteiger charge is -1.99. The molecule has 0 aliphatic carbocycles. The molecule has 1 heterocycles. The number of rotatable bonds is 4. The van der Waals surface area contributed by atoms with Gasteiger partial charge in [0.25, 0.3) is 0 Å². The molecule has 0 saturated carbocycles. The first kappa shape index (κ1) is 15.0. The van der Waals surface area contributed by atoms with Crippen molar-refractivity contribution in [3.63, 3.8) is 0 Å². The van der Waals surface area contributed by atoms with Crippen molar-refractivity contribution >= 4 is 5.97 Å². The zero-order valence-electron chi connectivity index (χ0n) is 11.1. The molecule has 0 bridgehead atoms. The molecule has 0 N–H and O–H groups in total. The lowest BCUT2D eigenvalue weighted by atomic mass is 10.2. The molecule has 0 amide bonds. The highest BCUT2D eigenvalue weighted by Crippen LogP contribution is 2.26. The third-order valence-electron chi connectivity index (χ3n) is 2.58. The second-order valence-corrected chi connectivity index (χ2v) is 3.97. The topological polar surface area (TPSA) is 61.6 Å². The molecule has 0 atom stereocenters. The van der Waals surface area contributed by atoms with Crippen molar-refractivity contribution in [1.82, 2.24) is 4.98 Å². The number of aromatic nitrogens is 1. The van der Waals surface area contributed by atoms with E-state index in [1.54, 1.807) is 0 Å². The lowest BCUT2D eigenvalue weighted by Crippen LogP contribution is -2.04. The molecule has 0 saturated heterocycles. The summed E-state index contributed by atoms with van der Waals surface area (Å²) in [6.07, 6.45) is 0. The summed E-state index contributed by atoms with van der Waals surface area (Å²) in [5.41, 5.74) is -0.0524. The van der Waals surface area contributed by atoms with Crippen LogP contribution in [-0.4, -0.2) is 25.2 Å². The second kappa shape index (κ2) is 5.96. The van der Waals surface area contributed by atoms with Gasteiger partial charge in [-0.25, -0.2) is 22.9 Å². The van der Waals surface area contributed by atoms with Crippen molar-refractivity contribution < 1.29 is 31.9 Å². The number of oxazole rings is 1. The highest BCUT2D eigenvalue weighted by atomic mass is 19.2. The summed E-state index contributed by atoms with van der Waals surface area (Å²) in [6, 6.07) is 1.42. The molecule has 0 radical (unpaired) electrons. The fourth-order valence-corrected chi connectivity index (χ4v) is 1.64. The largest absolute Gasteiger partial charge is 0.463 e. The molecule has 0 fully saturated rings. The highest BCUT2D eigenvalue weighted by molar-refractivity contribution is 5.87. The van der Waals surface area contributed by atoms with E-state index < -0.39 is 23.4 Å². The van der Waals surface area contributed by atoms with E-state index in [0.717, 1.165) is 7.11 Å². The van der Waals surface area contributed by atoms with Crippen molar-refractivity contribution in [2.45, 2.75) is 6.61 Å². The Morgan fingerprint density at radius 2 is 1.86 bits per heavy atom. The van der Waals surface area contributed by atoms with Crippen LogP contribution in [0.1, 0.15) is 16.2 Å². The lowest BCUT2D eigenvalue weighted by molar-refractivity contribution is 0.0559. The van der Waals surface area contributed by atoms with Crippen LogP contribution in [0.25, 0.3) is 11.5 Å². The zero-order chi connectivity index (χ0) is 15.6. The minimum absolute atomic E-state index is 0.0694. The van der Waals surface area contributed by atoms with Crippen LogP contribution in [0.15, 0.2) is 16.5 Å². The molecule has 0 unspecified atom stereocenters. The van der Waals surface area contributed by atoms with E-state index in [9.17, 15) is 18.0 Å². The number of hydrogen-bond donors (Lipinski definition) is 0. The monoisotopic (exact) mass is 301 g/mol. The first-order valence-electron chi connectivity index (χ1n) is 5.69. The Labute approximate surface area is 117 Å². The van der Waals surface area contributed by atoms with Crippen molar-refractivity contribution in [2.24, 2.45) is 0 Å². The normalized spacial score (nSPS) is 10.7. The predicted octanol–water partition coefficient (Wildman–Crippen LogP) is 2.69. The Kier molecular flexibility index (Phi) is 4.27. The number of benzene rings is 1. The van der Waals surface area contributed by atoms with Crippen LogP contribution in [-0.2, 0) is 16.1 Å². The van der Waals surface area contributed by atoms with Crippen molar-refractivity contribution in [3.8, 4) is 11.5 Å². The number of nitrogens with zero attached hydrogens (tertiary/aromatic N) is 1. The van der Waals surface area contributed by atoms with E-state index in [2.05, 4.69) is 9.72 Å². The molecular weight excluding hydrogens is 291 g/mol. The number of carbonyl (C=O) groups is 1. The Morgan fingerprint density at radius 3 is 2.38 bits per heavy atom. The van der Waals surface area contributed by atoms with Gasteiger partial charge >= 0.3 is 5.97 Å². The van der Waals surface area contributed by atoms with E-state index in [1.807, 2.05) is 0 Å². The number of carbonyl (C=O) groups excluding carboxylic acids is 1. The molecular formula is C13H10F3NO4. The number of halogens is 3. The minimum Gasteiger partial charge on any atom is -0.463 e. The summed E-state index contributed by atoms with van der Waals surface area (Å²) < 4.78 is 53.8. The molecule has 1 aromatic heterocycles. The maximum absolute atomic E-state index is 13.2. The van der Waals surface area contributed by atoms with E-state index in [-0.39, 0.29) is 29.5 Å². The first-order chi connectivity index (χ1) is 9.97. The Morgan fingerprint density at radius 1 is 1.24 bits per heavy atom. The van der Waals surface area contributed by atoms with Gasteiger partial charge in [0.1, 0.15) is 5.69 Å². The van der Waals surface area contributed by atoms with Gasteiger partial charge in [-0.05, 0) is 12.1 Å². The van der Waals surface area contributed by atoms with Crippen LogP contribution in [0.3, 0.4) is 0 Å². The average molecular weight is 301 g/mol. The molecule has 21 heavy (non-hydrogen) atoms. The number of hydrogen-bond acceptors (Lipinski definition) is 5.